The van der Waals surface area contributed by atoms with E-state index in [1.807, 2.05) is 79.7 Å². The number of nitrogens with one attached hydrogen (secondary N) is 2. The first kappa shape index (κ1) is 24.5. The number of hydrogen-bond donors (Lipinski definition) is 4. The average Bonchev–Trinajstić information content (AvgIpc) is 2.86. The predicted molar refractivity (Wildman–Crippen MR) is 138 cm³/mol. The van der Waals surface area contributed by atoms with E-state index < -0.39 is 11.9 Å². The van der Waals surface area contributed by atoms with E-state index in [2.05, 4.69) is 5.32 Å². The molecule has 0 aliphatic heterocycles. The molecule has 0 aliphatic carbocycles. The number of carbonyl (C=O) groups excluding carboxylic acids is 1. The first-order valence-electron chi connectivity index (χ1n) is 10.8. The fourth-order valence-corrected chi connectivity index (χ4v) is 3.59. The van der Waals surface area contributed by atoms with Gasteiger partial charge >= 0.3 is 0 Å². The number of carbonyl (C=O) groups is 1. The molecule has 0 aliphatic rings. The number of aliphatic hydroxyl groups excluding tert-OH is 1. The van der Waals surface area contributed by atoms with Crippen LogP contribution in [-0.4, -0.2) is 44.5 Å². The third-order valence-electron chi connectivity index (χ3n) is 5.43. The summed E-state index contributed by atoms with van der Waals surface area (Å²) < 4.78 is 5.54. The van der Waals surface area contributed by atoms with Crippen molar-refractivity contribution in [2.24, 2.45) is 0 Å². The van der Waals surface area contributed by atoms with E-state index in [1.165, 1.54) is 7.11 Å². The molecule has 5 N–H and O–H groups in total. The van der Waals surface area contributed by atoms with Crippen molar-refractivity contribution in [3.63, 3.8) is 0 Å². The molecule has 1 atom stereocenters. The number of nitrogens with two attached hydrogens (primary N) is 1. The Hall–Kier alpha value is -4.10. The molecule has 0 spiro atoms. The predicted octanol–water partition coefficient (Wildman–Crippen LogP) is 3.89. The van der Waals surface area contributed by atoms with Crippen LogP contribution in [0.5, 0.6) is 5.75 Å². The van der Waals surface area contributed by atoms with Gasteiger partial charge in [0, 0.05) is 25.5 Å². The highest BCUT2D eigenvalue weighted by Gasteiger charge is 2.22. The van der Waals surface area contributed by atoms with Crippen molar-refractivity contribution in [1.82, 2.24) is 5.32 Å². The van der Waals surface area contributed by atoms with Crippen molar-refractivity contribution >= 4 is 29.1 Å². The summed E-state index contributed by atoms with van der Waals surface area (Å²) in [5.41, 5.74) is 9.93. The molecule has 0 bridgehead atoms. The lowest BCUT2D eigenvalue weighted by Gasteiger charge is -2.19. The van der Waals surface area contributed by atoms with Gasteiger partial charge in [-0.2, -0.15) is 0 Å². The zero-order chi connectivity index (χ0) is 24.7. The van der Waals surface area contributed by atoms with Crippen LogP contribution in [0.25, 0.3) is 6.08 Å². The summed E-state index contributed by atoms with van der Waals surface area (Å²) in [7, 11) is 5.37. The van der Waals surface area contributed by atoms with E-state index in [0.29, 0.717) is 11.3 Å². The van der Waals surface area contributed by atoms with Crippen molar-refractivity contribution in [1.29, 1.82) is 5.41 Å². The number of hydrogen-bond acceptors (Lipinski definition) is 6. The molecule has 0 fully saturated rings. The number of methoxy groups -OCH3 is 1. The highest BCUT2D eigenvalue weighted by molar-refractivity contribution is 6.15. The maximum absolute atomic E-state index is 13.1. The molecule has 3 aromatic rings. The summed E-state index contributed by atoms with van der Waals surface area (Å²) in [5.74, 6) is -0.226. The number of aliphatic hydroxyl groups is 1. The number of nitrogen functional groups attached to an aromatic ring is 1. The molecule has 0 saturated carbocycles. The van der Waals surface area contributed by atoms with Crippen molar-refractivity contribution in [2.75, 3.05) is 38.4 Å². The summed E-state index contributed by atoms with van der Waals surface area (Å²) >= 11 is 0. The summed E-state index contributed by atoms with van der Waals surface area (Å²) in [4.78, 5) is 15.1. The van der Waals surface area contributed by atoms with E-state index in [4.69, 9.17) is 15.9 Å². The van der Waals surface area contributed by atoms with Crippen molar-refractivity contribution in [3.05, 3.63) is 95.1 Å². The van der Waals surface area contributed by atoms with Crippen LogP contribution >= 0.6 is 0 Å². The van der Waals surface area contributed by atoms with Crippen LogP contribution in [0.3, 0.4) is 0 Å². The Balaban J connectivity index is 1.90. The molecule has 0 unspecified atom stereocenters. The number of ether oxygens (including phenoxy) is 1. The maximum atomic E-state index is 13.1. The monoisotopic (exact) mass is 458 g/mol. The van der Waals surface area contributed by atoms with Gasteiger partial charge in [0.05, 0.1) is 36.6 Å². The van der Waals surface area contributed by atoms with Gasteiger partial charge in [-0.25, -0.2) is 0 Å². The fraction of sp³-hybridized carbons (Fsp3) is 0.185. The molecule has 3 rings (SSSR count). The number of benzene rings is 3. The summed E-state index contributed by atoms with van der Waals surface area (Å²) in [6.45, 7) is -0.259. The first-order chi connectivity index (χ1) is 16.3. The molecule has 176 valence electrons. The minimum atomic E-state index is -0.581. The topological polar surface area (TPSA) is 112 Å². The molecule has 34 heavy (non-hydrogen) atoms. The zero-order valence-corrected chi connectivity index (χ0v) is 19.6. The van der Waals surface area contributed by atoms with Crippen LogP contribution in [0.1, 0.15) is 33.1 Å². The Morgan fingerprint density at radius 3 is 2.53 bits per heavy atom. The Bertz CT molecular complexity index is 1190. The zero-order valence-electron chi connectivity index (χ0n) is 19.6. The summed E-state index contributed by atoms with van der Waals surface area (Å²) in [6, 6.07) is 19.7. The van der Waals surface area contributed by atoms with E-state index in [9.17, 15) is 9.90 Å². The normalized spacial score (nSPS) is 11.8. The number of rotatable bonds is 9. The molecule has 0 aromatic heterocycles. The summed E-state index contributed by atoms with van der Waals surface area (Å²) in [5, 5.41) is 21.3. The number of amides is 1. The molecule has 7 heteroatoms. The third-order valence-corrected chi connectivity index (χ3v) is 5.43. The Kier molecular flexibility index (Phi) is 8.05. The van der Waals surface area contributed by atoms with Gasteiger partial charge < -0.3 is 31.2 Å². The van der Waals surface area contributed by atoms with E-state index >= 15 is 0 Å². The molecule has 0 radical (unpaired) electrons. The van der Waals surface area contributed by atoms with Gasteiger partial charge in [0.2, 0.25) is 0 Å². The van der Waals surface area contributed by atoms with Crippen molar-refractivity contribution in [3.8, 4) is 5.75 Å². The van der Waals surface area contributed by atoms with Crippen LogP contribution in [0.2, 0.25) is 0 Å². The van der Waals surface area contributed by atoms with Gasteiger partial charge in [-0.15, -0.1) is 0 Å². The second-order valence-electron chi connectivity index (χ2n) is 7.97. The molecule has 1 amide bonds. The van der Waals surface area contributed by atoms with Crippen LogP contribution < -0.4 is 20.7 Å². The van der Waals surface area contributed by atoms with Gasteiger partial charge in [0.1, 0.15) is 5.75 Å². The second-order valence-corrected chi connectivity index (χ2v) is 7.97. The molecule has 0 heterocycles. The lowest BCUT2D eigenvalue weighted by molar-refractivity contribution is 0.0913. The van der Waals surface area contributed by atoms with Gasteiger partial charge in [0.25, 0.3) is 5.91 Å². The van der Waals surface area contributed by atoms with Gasteiger partial charge in [-0.1, -0.05) is 48.5 Å². The molecule has 7 nitrogen and oxygen atoms in total. The number of anilines is 2. The average molecular weight is 459 g/mol. The SMILES string of the molecule is COc1c(C(=O)N[C@H](CO)c2ccccc2)ccc(N)c1C(=N)/C=C/c1cccc(N(C)C)c1. The van der Waals surface area contributed by atoms with E-state index in [1.54, 1.807) is 18.2 Å². The molecule has 3 aromatic carbocycles. The van der Waals surface area contributed by atoms with Gasteiger partial charge in [-0.3, -0.25) is 4.79 Å². The van der Waals surface area contributed by atoms with Crippen molar-refractivity contribution < 1.29 is 14.6 Å². The first-order valence-corrected chi connectivity index (χ1v) is 10.8. The van der Waals surface area contributed by atoms with Gasteiger partial charge in [-0.05, 0) is 41.5 Å². The molecular formula is C27H30N4O3. The lowest BCUT2D eigenvalue weighted by atomic mass is 10.00. The highest BCUT2D eigenvalue weighted by atomic mass is 16.5. The van der Waals surface area contributed by atoms with E-state index in [-0.39, 0.29) is 23.6 Å². The molecule has 0 saturated heterocycles. The minimum absolute atomic E-state index is 0.112. The van der Waals surface area contributed by atoms with Crippen LogP contribution in [0, 0.1) is 5.41 Å². The largest absolute Gasteiger partial charge is 0.495 e. The smallest absolute Gasteiger partial charge is 0.255 e. The van der Waals surface area contributed by atoms with Crippen LogP contribution in [0.15, 0.2) is 72.8 Å². The van der Waals surface area contributed by atoms with Crippen LogP contribution in [0.4, 0.5) is 11.4 Å². The molecular weight excluding hydrogens is 428 g/mol. The number of allylic oxidation sites excluding steroid dienone is 1. The lowest BCUT2D eigenvalue weighted by Crippen LogP contribution is -2.31. The van der Waals surface area contributed by atoms with E-state index in [0.717, 1.165) is 16.8 Å². The Labute approximate surface area is 200 Å². The second kappa shape index (κ2) is 11.2. The minimum Gasteiger partial charge on any atom is -0.495 e. The Morgan fingerprint density at radius 2 is 1.88 bits per heavy atom. The Morgan fingerprint density at radius 1 is 1.15 bits per heavy atom. The quantitative estimate of drug-likeness (QED) is 0.287. The van der Waals surface area contributed by atoms with Crippen LogP contribution in [-0.2, 0) is 0 Å². The van der Waals surface area contributed by atoms with Gasteiger partial charge in [0.15, 0.2) is 0 Å². The maximum Gasteiger partial charge on any atom is 0.255 e. The fourth-order valence-electron chi connectivity index (χ4n) is 3.59. The van der Waals surface area contributed by atoms with Crippen molar-refractivity contribution in [2.45, 2.75) is 6.04 Å². The highest BCUT2D eigenvalue weighted by Crippen LogP contribution is 2.31. The summed E-state index contributed by atoms with van der Waals surface area (Å²) in [6.07, 6.45) is 3.45. The standard InChI is InChI=1S/C27H30N4O3/c1-31(2)20-11-7-8-18(16-20)12-14-22(28)25-23(29)15-13-21(26(25)34-3)27(33)30-24(17-32)19-9-5-4-6-10-19/h4-16,24,28,32H,17,29H2,1-3H3,(H,30,33)/b14-12+,28-22?/t24-/m1/s1. The third kappa shape index (κ3) is 5.63. The number of nitrogens with zero attached hydrogens (tertiary/aromatic N) is 1.